The summed E-state index contributed by atoms with van der Waals surface area (Å²) in [4.78, 5) is 22.7. The van der Waals surface area contributed by atoms with Crippen molar-refractivity contribution in [3.63, 3.8) is 0 Å². The number of anilines is 3. The normalized spacial score (nSPS) is 13.6. The van der Waals surface area contributed by atoms with E-state index in [0.29, 0.717) is 18.2 Å². The number of nitrogens with zero attached hydrogens (tertiary/aromatic N) is 3. The Balaban J connectivity index is 1.67. The molecule has 0 unspecified atom stereocenters. The van der Waals surface area contributed by atoms with Crippen molar-refractivity contribution in [1.29, 1.82) is 0 Å². The van der Waals surface area contributed by atoms with Gasteiger partial charge in [0.1, 0.15) is 5.69 Å². The molecule has 124 valence electrons. The Morgan fingerprint density at radius 2 is 1.96 bits per heavy atom. The maximum atomic E-state index is 11.9. The van der Waals surface area contributed by atoms with Gasteiger partial charge in [-0.05, 0) is 43.2 Å². The summed E-state index contributed by atoms with van der Waals surface area (Å²) in [6.45, 7) is 6.22. The molecule has 2 aromatic rings. The molecular weight excluding hydrogens is 302 g/mol. The molecule has 1 aliphatic rings. The molecule has 0 bridgehead atoms. The number of amides is 1. The number of hydrogen-bond acceptors (Lipinski definition) is 5. The predicted molar refractivity (Wildman–Crippen MR) is 95.7 cm³/mol. The molecule has 0 atom stereocenters. The molecule has 24 heavy (non-hydrogen) atoms. The lowest BCUT2D eigenvalue weighted by atomic mass is 10.2. The van der Waals surface area contributed by atoms with E-state index in [4.69, 9.17) is 0 Å². The molecule has 1 amide bonds. The smallest absolute Gasteiger partial charge is 0.270 e. The van der Waals surface area contributed by atoms with E-state index < -0.39 is 0 Å². The lowest BCUT2D eigenvalue weighted by Crippen LogP contribution is -2.24. The summed E-state index contributed by atoms with van der Waals surface area (Å²) in [5.74, 6) is 0.153. The number of hydrogen-bond donors (Lipinski definition) is 2. The van der Waals surface area contributed by atoms with Crippen molar-refractivity contribution in [2.24, 2.45) is 0 Å². The number of aromatic nitrogens is 2. The summed E-state index contributed by atoms with van der Waals surface area (Å²) < 4.78 is 0. The summed E-state index contributed by atoms with van der Waals surface area (Å²) in [5.41, 5.74) is 2.45. The minimum atomic E-state index is -0.246. The fourth-order valence-corrected chi connectivity index (χ4v) is 2.66. The average Bonchev–Trinajstić information content (AvgIpc) is 3.15. The highest BCUT2D eigenvalue weighted by Gasteiger charge is 2.12. The molecular formula is C18H21N5O. The van der Waals surface area contributed by atoms with Gasteiger partial charge in [-0.3, -0.25) is 4.79 Å². The van der Waals surface area contributed by atoms with Gasteiger partial charge in [0.25, 0.3) is 5.91 Å². The first-order valence-electron chi connectivity index (χ1n) is 8.10. The van der Waals surface area contributed by atoms with Crippen LogP contribution in [0.3, 0.4) is 0 Å². The van der Waals surface area contributed by atoms with Crippen molar-refractivity contribution in [1.82, 2.24) is 15.3 Å². The second kappa shape index (κ2) is 7.59. The van der Waals surface area contributed by atoms with Crippen LogP contribution in [0.2, 0.25) is 0 Å². The minimum Gasteiger partial charge on any atom is -0.372 e. The fraction of sp³-hybridized carbons (Fsp3) is 0.278. The molecule has 1 saturated heterocycles. The van der Waals surface area contributed by atoms with Crippen molar-refractivity contribution in [2.45, 2.75) is 12.8 Å². The SMILES string of the molecule is C=CCNC(=O)c1ccnc(Nc2ccc(N3CCCC3)cc2)n1. The van der Waals surface area contributed by atoms with Crippen LogP contribution in [0.4, 0.5) is 17.3 Å². The van der Waals surface area contributed by atoms with E-state index in [0.717, 1.165) is 18.8 Å². The second-order valence-electron chi connectivity index (χ2n) is 5.63. The van der Waals surface area contributed by atoms with Gasteiger partial charge in [-0.1, -0.05) is 6.08 Å². The molecule has 1 aliphatic heterocycles. The first-order chi connectivity index (χ1) is 11.8. The number of rotatable bonds is 6. The van der Waals surface area contributed by atoms with Gasteiger partial charge in [-0.15, -0.1) is 6.58 Å². The highest BCUT2D eigenvalue weighted by atomic mass is 16.1. The lowest BCUT2D eigenvalue weighted by molar-refractivity contribution is 0.0953. The Bertz CT molecular complexity index is 708. The standard InChI is InChI=1S/C18H21N5O/c1-2-10-19-17(24)16-9-11-20-18(22-16)21-14-5-7-15(8-6-14)23-12-3-4-13-23/h2,5-9,11H,1,3-4,10,12-13H2,(H,19,24)(H,20,21,22). The zero-order valence-electron chi connectivity index (χ0n) is 13.5. The van der Waals surface area contributed by atoms with Crippen molar-refractivity contribution >= 4 is 23.2 Å². The van der Waals surface area contributed by atoms with Gasteiger partial charge in [0.05, 0.1) is 0 Å². The molecule has 0 radical (unpaired) electrons. The van der Waals surface area contributed by atoms with Crippen molar-refractivity contribution < 1.29 is 4.79 Å². The van der Waals surface area contributed by atoms with Crippen molar-refractivity contribution in [3.8, 4) is 0 Å². The van der Waals surface area contributed by atoms with Crippen LogP contribution in [0, 0.1) is 0 Å². The third kappa shape index (κ3) is 3.90. The molecule has 0 saturated carbocycles. The van der Waals surface area contributed by atoms with Crippen LogP contribution < -0.4 is 15.5 Å². The summed E-state index contributed by atoms with van der Waals surface area (Å²) in [6.07, 6.45) is 5.71. The van der Waals surface area contributed by atoms with Gasteiger partial charge in [0.2, 0.25) is 5.95 Å². The monoisotopic (exact) mass is 323 g/mol. The first-order valence-corrected chi connectivity index (χ1v) is 8.10. The van der Waals surface area contributed by atoms with Crippen molar-refractivity contribution in [3.05, 3.63) is 54.9 Å². The molecule has 1 fully saturated rings. The van der Waals surface area contributed by atoms with Crippen molar-refractivity contribution in [2.75, 3.05) is 29.9 Å². The topological polar surface area (TPSA) is 70.2 Å². The summed E-state index contributed by atoms with van der Waals surface area (Å²) in [5, 5.41) is 5.83. The maximum absolute atomic E-state index is 11.9. The Morgan fingerprint density at radius 1 is 1.21 bits per heavy atom. The molecule has 0 aliphatic carbocycles. The largest absolute Gasteiger partial charge is 0.372 e. The van der Waals surface area contributed by atoms with Gasteiger partial charge in [-0.2, -0.15) is 0 Å². The summed E-state index contributed by atoms with van der Waals surface area (Å²) >= 11 is 0. The van der Waals surface area contributed by atoms with Crippen LogP contribution in [-0.4, -0.2) is 35.5 Å². The third-order valence-corrected chi connectivity index (χ3v) is 3.89. The molecule has 6 heteroatoms. The van der Waals surface area contributed by atoms with E-state index >= 15 is 0 Å². The Labute approximate surface area is 141 Å². The second-order valence-corrected chi connectivity index (χ2v) is 5.63. The van der Waals surface area contributed by atoms with E-state index in [1.807, 2.05) is 12.1 Å². The summed E-state index contributed by atoms with van der Waals surface area (Å²) in [6, 6.07) is 9.77. The Kier molecular flexibility index (Phi) is 5.05. The van der Waals surface area contributed by atoms with Crippen LogP contribution in [0.1, 0.15) is 23.3 Å². The van der Waals surface area contributed by atoms with E-state index in [-0.39, 0.29) is 5.91 Å². The molecule has 1 aromatic heterocycles. The number of carbonyl (C=O) groups excluding carboxylic acids is 1. The molecule has 0 spiro atoms. The molecule has 6 nitrogen and oxygen atoms in total. The minimum absolute atomic E-state index is 0.246. The predicted octanol–water partition coefficient (Wildman–Crippen LogP) is 2.74. The molecule has 3 rings (SSSR count). The van der Waals surface area contributed by atoms with E-state index in [2.05, 4.69) is 44.2 Å². The highest BCUT2D eigenvalue weighted by Crippen LogP contribution is 2.23. The maximum Gasteiger partial charge on any atom is 0.270 e. The number of carbonyl (C=O) groups is 1. The zero-order valence-corrected chi connectivity index (χ0v) is 13.5. The van der Waals surface area contributed by atoms with Crippen LogP contribution in [-0.2, 0) is 0 Å². The third-order valence-electron chi connectivity index (χ3n) is 3.89. The average molecular weight is 323 g/mol. The van der Waals surface area contributed by atoms with Crippen LogP contribution in [0.25, 0.3) is 0 Å². The van der Waals surface area contributed by atoms with Crippen LogP contribution in [0.5, 0.6) is 0 Å². The van der Waals surface area contributed by atoms with E-state index in [1.165, 1.54) is 18.5 Å². The number of nitrogens with one attached hydrogen (secondary N) is 2. The van der Waals surface area contributed by atoms with Gasteiger partial charge in [0.15, 0.2) is 0 Å². The molecule has 2 heterocycles. The van der Waals surface area contributed by atoms with Gasteiger partial charge in [-0.25, -0.2) is 9.97 Å². The van der Waals surface area contributed by atoms with E-state index in [9.17, 15) is 4.79 Å². The number of benzene rings is 1. The first kappa shape index (κ1) is 16.0. The van der Waals surface area contributed by atoms with Crippen LogP contribution in [0.15, 0.2) is 49.2 Å². The summed E-state index contributed by atoms with van der Waals surface area (Å²) in [7, 11) is 0. The van der Waals surface area contributed by atoms with E-state index in [1.54, 1.807) is 18.3 Å². The van der Waals surface area contributed by atoms with Gasteiger partial charge >= 0.3 is 0 Å². The molecule has 2 N–H and O–H groups in total. The zero-order chi connectivity index (χ0) is 16.8. The Hall–Kier alpha value is -2.89. The quantitative estimate of drug-likeness (QED) is 0.800. The Morgan fingerprint density at radius 3 is 2.67 bits per heavy atom. The highest BCUT2D eigenvalue weighted by molar-refractivity contribution is 5.92. The lowest BCUT2D eigenvalue weighted by Gasteiger charge is -2.17. The van der Waals surface area contributed by atoms with Gasteiger partial charge in [0, 0.05) is 37.2 Å². The molecule has 1 aromatic carbocycles. The van der Waals surface area contributed by atoms with Crippen LogP contribution >= 0.6 is 0 Å². The van der Waals surface area contributed by atoms with Gasteiger partial charge < -0.3 is 15.5 Å². The fourth-order valence-electron chi connectivity index (χ4n) is 2.66.